The van der Waals surface area contributed by atoms with Crippen molar-refractivity contribution in [2.24, 2.45) is 0 Å². The molecule has 0 aliphatic rings. The van der Waals surface area contributed by atoms with E-state index in [0.717, 1.165) is 0 Å². The lowest BCUT2D eigenvalue weighted by Gasteiger charge is -2.17. The molecule has 1 aromatic carbocycles. The van der Waals surface area contributed by atoms with E-state index in [1.807, 2.05) is 0 Å². The highest BCUT2D eigenvalue weighted by Crippen LogP contribution is 2.21. The van der Waals surface area contributed by atoms with Gasteiger partial charge in [-0.3, -0.25) is 4.79 Å². The Balaban J connectivity index is 1.99. The summed E-state index contributed by atoms with van der Waals surface area (Å²) in [5.41, 5.74) is -0.196. The first-order valence-electron chi connectivity index (χ1n) is 6.45. The molecule has 2 N–H and O–H groups in total. The van der Waals surface area contributed by atoms with Crippen LogP contribution in [0.15, 0.2) is 41.0 Å². The number of rotatable bonds is 5. The third-order valence-electron chi connectivity index (χ3n) is 3.02. The maximum absolute atomic E-state index is 13.6. The Morgan fingerprint density at radius 2 is 2.19 bits per heavy atom. The number of aliphatic hydroxyl groups excluding tert-OH is 1. The number of hydrogen-bond donors (Lipinski definition) is 2. The van der Waals surface area contributed by atoms with Crippen molar-refractivity contribution in [1.82, 2.24) is 5.32 Å². The molecule has 0 saturated carbocycles. The second-order valence-corrected chi connectivity index (χ2v) is 5.15. The molecule has 21 heavy (non-hydrogen) atoms. The number of nitrogens with one attached hydrogen (secondary N) is 1. The topological polar surface area (TPSA) is 62.5 Å². The largest absolute Gasteiger partial charge is 0.467 e. The van der Waals surface area contributed by atoms with E-state index in [1.54, 1.807) is 19.1 Å². The summed E-state index contributed by atoms with van der Waals surface area (Å²) in [5, 5.41) is 12.6. The van der Waals surface area contributed by atoms with Crippen LogP contribution in [0.1, 0.15) is 35.6 Å². The summed E-state index contributed by atoms with van der Waals surface area (Å²) in [7, 11) is 0. The van der Waals surface area contributed by atoms with E-state index >= 15 is 0 Å². The Morgan fingerprint density at radius 3 is 2.81 bits per heavy atom. The number of amides is 1. The Kier molecular flexibility index (Phi) is 4.98. The van der Waals surface area contributed by atoms with Crippen LogP contribution < -0.4 is 5.32 Å². The highest BCUT2D eigenvalue weighted by atomic mass is 35.5. The monoisotopic (exact) mass is 311 g/mol. The van der Waals surface area contributed by atoms with Crippen LogP contribution in [0.5, 0.6) is 0 Å². The van der Waals surface area contributed by atoms with Crippen LogP contribution in [0.4, 0.5) is 4.39 Å². The van der Waals surface area contributed by atoms with Crippen LogP contribution in [0.3, 0.4) is 0 Å². The second-order valence-electron chi connectivity index (χ2n) is 4.74. The molecule has 0 saturated heterocycles. The molecule has 0 fully saturated rings. The zero-order valence-electron chi connectivity index (χ0n) is 11.3. The predicted molar refractivity (Wildman–Crippen MR) is 76.6 cm³/mol. The molecule has 0 aliphatic heterocycles. The number of hydrogen-bond acceptors (Lipinski definition) is 3. The summed E-state index contributed by atoms with van der Waals surface area (Å²) < 4.78 is 18.7. The van der Waals surface area contributed by atoms with Gasteiger partial charge < -0.3 is 14.8 Å². The normalized spacial score (nSPS) is 13.7. The highest BCUT2D eigenvalue weighted by Gasteiger charge is 2.20. The van der Waals surface area contributed by atoms with E-state index in [-0.39, 0.29) is 23.0 Å². The number of aliphatic hydroxyl groups is 1. The Labute approximate surface area is 126 Å². The molecular formula is C15H15ClFNO3. The van der Waals surface area contributed by atoms with Crippen LogP contribution >= 0.6 is 11.6 Å². The van der Waals surface area contributed by atoms with Crippen LogP contribution in [0.2, 0.25) is 5.02 Å². The van der Waals surface area contributed by atoms with E-state index in [2.05, 4.69) is 5.32 Å². The minimum atomic E-state index is -0.841. The summed E-state index contributed by atoms with van der Waals surface area (Å²) in [4.78, 5) is 12.0. The van der Waals surface area contributed by atoms with Crippen molar-refractivity contribution in [1.29, 1.82) is 0 Å². The quantitative estimate of drug-likeness (QED) is 0.890. The van der Waals surface area contributed by atoms with Gasteiger partial charge in [-0.05, 0) is 31.2 Å². The number of carbonyl (C=O) groups excluding carboxylic acids is 1. The molecule has 112 valence electrons. The summed E-state index contributed by atoms with van der Waals surface area (Å²) in [6, 6.07) is 6.98. The standard InChI is InChI=1S/C15H15ClFNO3/c1-9(8-12(19)13-6-3-7-21-13)18-15(20)14-10(16)4-2-5-11(14)17/h2-7,9,12,19H,8H2,1H3,(H,18,20). The molecule has 2 atom stereocenters. The lowest BCUT2D eigenvalue weighted by molar-refractivity contribution is 0.0899. The van der Waals surface area contributed by atoms with Gasteiger partial charge in [-0.1, -0.05) is 17.7 Å². The number of carbonyl (C=O) groups is 1. The second kappa shape index (κ2) is 6.74. The molecule has 0 aliphatic carbocycles. The van der Waals surface area contributed by atoms with Gasteiger partial charge in [0.05, 0.1) is 16.8 Å². The summed E-state index contributed by atoms with van der Waals surface area (Å²) in [6.07, 6.45) is 0.859. The minimum Gasteiger partial charge on any atom is -0.467 e. The lowest BCUT2D eigenvalue weighted by Crippen LogP contribution is -2.34. The number of furan rings is 1. The van der Waals surface area contributed by atoms with Crippen molar-refractivity contribution < 1.29 is 18.7 Å². The van der Waals surface area contributed by atoms with Crippen molar-refractivity contribution in [3.63, 3.8) is 0 Å². The van der Waals surface area contributed by atoms with Crippen molar-refractivity contribution in [2.75, 3.05) is 0 Å². The van der Waals surface area contributed by atoms with Crippen molar-refractivity contribution in [3.8, 4) is 0 Å². The van der Waals surface area contributed by atoms with Crippen molar-refractivity contribution >= 4 is 17.5 Å². The van der Waals surface area contributed by atoms with E-state index in [0.29, 0.717) is 5.76 Å². The summed E-state index contributed by atoms with van der Waals surface area (Å²) in [6.45, 7) is 1.71. The first-order valence-corrected chi connectivity index (χ1v) is 6.83. The number of halogens is 2. The van der Waals surface area contributed by atoms with Gasteiger partial charge in [-0.2, -0.15) is 0 Å². The number of benzene rings is 1. The van der Waals surface area contributed by atoms with Gasteiger partial charge in [0, 0.05) is 12.5 Å². The van der Waals surface area contributed by atoms with Gasteiger partial charge in [0.25, 0.3) is 5.91 Å². The molecule has 2 aromatic rings. The molecule has 2 unspecified atom stereocenters. The van der Waals surface area contributed by atoms with Crippen LogP contribution in [0.25, 0.3) is 0 Å². The third kappa shape index (κ3) is 3.83. The molecule has 0 spiro atoms. The third-order valence-corrected chi connectivity index (χ3v) is 3.33. The van der Waals surface area contributed by atoms with Crippen molar-refractivity contribution in [2.45, 2.75) is 25.5 Å². The van der Waals surface area contributed by atoms with Crippen LogP contribution in [0, 0.1) is 5.82 Å². The summed E-state index contributed by atoms with van der Waals surface area (Å²) >= 11 is 5.83. The maximum Gasteiger partial charge on any atom is 0.255 e. The molecule has 4 nitrogen and oxygen atoms in total. The van der Waals surface area contributed by atoms with Gasteiger partial charge in [0.15, 0.2) is 0 Å². The fourth-order valence-corrected chi connectivity index (χ4v) is 2.25. The molecule has 0 bridgehead atoms. The average molecular weight is 312 g/mol. The Bertz CT molecular complexity index is 595. The van der Waals surface area contributed by atoms with Crippen molar-refractivity contribution in [3.05, 3.63) is 58.8 Å². The smallest absolute Gasteiger partial charge is 0.255 e. The lowest BCUT2D eigenvalue weighted by atomic mass is 10.1. The molecule has 1 amide bonds. The van der Waals surface area contributed by atoms with Gasteiger partial charge in [-0.15, -0.1) is 0 Å². The molecular weight excluding hydrogens is 297 g/mol. The van der Waals surface area contributed by atoms with E-state index < -0.39 is 17.8 Å². The average Bonchev–Trinajstić information content (AvgIpc) is 2.91. The Hall–Kier alpha value is -1.85. The van der Waals surface area contributed by atoms with Crippen LogP contribution in [-0.4, -0.2) is 17.1 Å². The maximum atomic E-state index is 13.6. The van der Waals surface area contributed by atoms with Gasteiger partial charge in [0.2, 0.25) is 0 Å². The van der Waals surface area contributed by atoms with E-state index in [9.17, 15) is 14.3 Å². The fraction of sp³-hybridized carbons (Fsp3) is 0.267. The fourth-order valence-electron chi connectivity index (χ4n) is 2.00. The molecule has 0 radical (unpaired) electrons. The van der Waals surface area contributed by atoms with Gasteiger partial charge in [0.1, 0.15) is 17.7 Å². The Morgan fingerprint density at radius 1 is 1.43 bits per heavy atom. The first kappa shape index (κ1) is 15.5. The van der Waals surface area contributed by atoms with Crippen LogP contribution in [-0.2, 0) is 0 Å². The predicted octanol–water partition coefficient (Wildman–Crippen LogP) is 3.31. The summed E-state index contributed by atoms with van der Waals surface area (Å²) in [5.74, 6) is -0.879. The SMILES string of the molecule is CC(CC(O)c1ccco1)NC(=O)c1c(F)cccc1Cl. The van der Waals surface area contributed by atoms with E-state index in [1.165, 1.54) is 24.5 Å². The first-order chi connectivity index (χ1) is 9.99. The molecule has 2 rings (SSSR count). The molecule has 1 heterocycles. The van der Waals surface area contributed by atoms with Gasteiger partial charge in [-0.25, -0.2) is 4.39 Å². The van der Waals surface area contributed by atoms with Gasteiger partial charge >= 0.3 is 0 Å². The minimum absolute atomic E-state index is 0.0475. The highest BCUT2D eigenvalue weighted by molar-refractivity contribution is 6.33. The molecule has 1 aromatic heterocycles. The zero-order chi connectivity index (χ0) is 15.4. The molecule has 6 heteroatoms. The zero-order valence-corrected chi connectivity index (χ0v) is 12.1. The van der Waals surface area contributed by atoms with E-state index in [4.69, 9.17) is 16.0 Å².